The van der Waals surface area contributed by atoms with Crippen molar-refractivity contribution in [3.63, 3.8) is 0 Å². The number of fused-ring (bicyclic) bond motifs is 1. The summed E-state index contributed by atoms with van der Waals surface area (Å²) in [6, 6.07) is 4.52. The Morgan fingerprint density at radius 3 is 2.68 bits per heavy atom. The molecule has 2 rings (SSSR count). The third-order valence-corrected chi connectivity index (χ3v) is 4.99. The average Bonchev–Trinajstić information content (AvgIpc) is 2.62. The first-order valence-electron chi connectivity index (χ1n) is 8.19. The van der Waals surface area contributed by atoms with Gasteiger partial charge in [-0.15, -0.1) is 0 Å². The number of hydrogen-bond acceptors (Lipinski definition) is 7. The molecule has 0 bridgehead atoms. The molecule has 0 aromatic heterocycles. The van der Waals surface area contributed by atoms with Crippen molar-refractivity contribution >= 4 is 16.0 Å². The van der Waals surface area contributed by atoms with E-state index in [0.29, 0.717) is 44.0 Å². The molecule has 1 heterocycles. The predicted molar refractivity (Wildman–Crippen MR) is 89.1 cm³/mol. The molecule has 9 heteroatoms. The van der Waals surface area contributed by atoms with Crippen LogP contribution in [0.3, 0.4) is 0 Å². The molecule has 0 spiro atoms. The third-order valence-electron chi connectivity index (χ3n) is 3.53. The number of aliphatic hydroxyl groups is 1. The minimum atomic E-state index is -3.61. The average molecular weight is 373 g/mol. The van der Waals surface area contributed by atoms with Crippen LogP contribution in [0.2, 0.25) is 0 Å². The molecule has 140 valence electrons. The predicted octanol–water partition coefficient (Wildman–Crippen LogP) is 0.832. The Morgan fingerprint density at radius 2 is 1.92 bits per heavy atom. The summed E-state index contributed by atoms with van der Waals surface area (Å²) in [5.41, 5.74) is 0. The van der Waals surface area contributed by atoms with Gasteiger partial charge in [0.2, 0.25) is 10.0 Å². The lowest BCUT2D eigenvalue weighted by molar-refractivity contribution is -0.144. The Labute approximate surface area is 147 Å². The van der Waals surface area contributed by atoms with E-state index in [1.807, 2.05) is 0 Å². The molecule has 1 aromatic rings. The standard InChI is InChI=1S/C16H23NO7S/c18-8-9-24-16(19)4-2-1-3-7-17-25(20,21)13-5-6-14-15(12-13)23-11-10-22-14/h5-6,12,17-18H,1-4,7-11H2. The van der Waals surface area contributed by atoms with Crippen molar-refractivity contribution in [2.24, 2.45) is 0 Å². The molecule has 0 saturated heterocycles. The minimum absolute atomic E-state index is 0.00810. The Balaban J connectivity index is 1.72. The van der Waals surface area contributed by atoms with E-state index in [0.717, 1.165) is 0 Å². The molecule has 8 nitrogen and oxygen atoms in total. The van der Waals surface area contributed by atoms with E-state index in [-0.39, 0.29) is 37.0 Å². The van der Waals surface area contributed by atoms with Crippen molar-refractivity contribution in [3.05, 3.63) is 18.2 Å². The smallest absolute Gasteiger partial charge is 0.305 e. The van der Waals surface area contributed by atoms with Gasteiger partial charge in [-0.05, 0) is 25.0 Å². The van der Waals surface area contributed by atoms with Crippen LogP contribution in [0.15, 0.2) is 23.1 Å². The highest BCUT2D eigenvalue weighted by Crippen LogP contribution is 2.32. The zero-order valence-corrected chi connectivity index (χ0v) is 14.7. The highest BCUT2D eigenvalue weighted by atomic mass is 32.2. The molecule has 0 saturated carbocycles. The number of ether oxygens (including phenoxy) is 3. The number of unbranched alkanes of at least 4 members (excludes halogenated alkanes) is 2. The van der Waals surface area contributed by atoms with Crippen LogP contribution in [0.1, 0.15) is 25.7 Å². The highest BCUT2D eigenvalue weighted by molar-refractivity contribution is 7.89. The Hall–Kier alpha value is -1.84. The minimum Gasteiger partial charge on any atom is -0.486 e. The van der Waals surface area contributed by atoms with Crippen LogP contribution in [0, 0.1) is 0 Å². The van der Waals surface area contributed by atoms with Crippen molar-refractivity contribution in [2.75, 3.05) is 33.0 Å². The van der Waals surface area contributed by atoms with E-state index >= 15 is 0 Å². The molecular formula is C16H23NO7S. The second-order valence-corrected chi connectivity index (χ2v) is 7.22. The maximum atomic E-state index is 12.3. The van der Waals surface area contributed by atoms with Crippen LogP contribution >= 0.6 is 0 Å². The van der Waals surface area contributed by atoms with Gasteiger partial charge in [-0.25, -0.2) is 13.1 Å². The molecule has 0 atom stereocenters. The fourth-order valence-electron chi connectivity index (χ4n) is 2.28. The van der Waals surface area contributed by atoms with Gasteiger partial charge in [0.05, 0.1) is 11.5 Å². The van der Waals surface area contributed by atoms with Gasteiger partial charge in [-0.2, -0.15) is 0 Å². The van der Waals surface area contributed by atoms with Crippen molar-refractivity contribution < 1.29 is 32.5 Å². The Bertz CT molecular complexity index is 675. The summed E-state index contributed by atoms with van der Waals surface area (Å²) in [7, 11) is -3.61. The SMILES string of the molecule is O=C(CCCCCNS(=O)(=O)c1ccc2c(c1)OCCO2)OCCO. The number of esters is 1. The van der Waals surface area contributed by atoms with Gasteiger partial charge in [-0.3, -0.25) is 4.79 Å². The monoisotopic (exact) mass is 373 g/mol. The molecule has 0 unspecified atom stereocenters. The molecule has 1 aliphatic rings. The van der Waals surface area contributed by atoms with Gasteiger partial charge in [0.25, 0.3) is 0 Å². The lowest BCUT2D eigenvalue weighted by Gasteiger charge is -2.18. The lowest BCUT2D eigenvalue weighted by atomic mass is 10.2. The van der Waals surface area contributed by atoms with E-state index < -0.39 is 10.0 Å². The summed E-state index contributed by atoms with van der Waals surface area (Å²) in [6.07, 6.45) is 2.17. The van der Waals surface area contributed by atoms with Gasteiger partial charge in [0, 0.05) is 19.0 Å². The number of aliphatic hydroxyl groups excluding tert-OH is 1. The number of carbonyl (C=O) groups is 1. The Kier molecular flexibility index (Phi) is 7.48. The number of hydrogen-bond donors (Lipinski definition) is 2. The molecule has 1 aliphatic heterocycles. The summed E-state index contributed by atoms with van der Waals surface area (Å²) in [5, 5.41) is 8.54. The summed E-state index contributed by atoms with van der Waals surface area (Å²) >= 11 is 0. The third kappa shape index (κ3) is 6.18. The quantitative estimate of drug-likeness (QED) is 0.462. The van der Waals surface area contributed by atoms with Crippen molar-refractivity contribution in [3.8, 4) is 11.5 Å². The first-order valence-corrected chi connectivity index (χ1v) is 9.67. The molecule has 0 radical (unpaired) electrons. The maximum Gasteiger partial charge on any atom is 0.305 e. The number of nitrogens with one attached hydrogen (secondary N) is 1. The number of benzene rings is 1. The first-order chi connectivity index (χ1) is 12.0. The van der Waals surface area contributed by atoms with Gasteiger partial charge in [0.15, 0.2) is 11.5 Å². The lowest BCUT2D eigenvalue weighted by Crippen LogP contribution is -2.25. The zero-order valence-electron chi connectivity index (χ0n) is 13.9. The summed E-state index contributed by atoms with van der Waals surface area (Å²) in [4.78, 5) is 11.4. The highest BCUT2D eigenvalue weighted by Gasteiger charge is 2.18. The largest absolute Gasteiger partial charge is 0.486 e. The van der Waals surface area contributed by atoms with E-state index in [1.54, 1.807) is 6.07 Å². The van der Waals surface area contributed by atoms with Crippen molar-refractivity contribution in [2.45, 2.75) is 30.6 Å². The van der Waals surface area contributed by atoms with E-state index in [2.05, 4.69) is 4.72 Å². The van der Waals surface area contributed by atoms with Gasteiger partial charge in [-0.1, -0.05) is 6.42 Å². The van der Waals surface area contributed by atoms with Crippen LogP contribution in [0.25, 0.3) is 0 Å². The molecule has 1 aromatic carbocycles. The normalized spacial score (nSPS) is 13.5. The van der Waals surface area contributed by atoms with E-state index in [4.69, 9.17) is 19.3 Å². The molecular weight excluding hydrogens is 350 g/mol. The molecule has 0 amide bonds. The topological polar surface area (TPSA) is 111 Å². The van der Waals surface area contributed by atoms with Crippen LogP contribution < -0.4 is 14.2 Å². The number of carbonyl (C=O) groups excluding carboxylic acids is 1. The number of rotatable bonds is 10. The van der Waals surface area contributed by atoms with Crippen LogP contribution in [0.5, 0.6) is 11.5 Å². The van der Waals surface area contributed by atoms with Gasteiger partial charge in [0.1, 0.15) is 19.8 Å². The van der Waals surface area contributed by atoms with Crippen LogP contribution in [-0.2, 0) is 19.6 Å². The summed E-state index contributed by atoms with van der Waals surface area (Å²) < 4.78 is 42.6. The first kappa shape index (κ1) is 19.5. The van der Waals surface area contributed by atoms with Crippen LogP contribution in [-0.4, -0.2) is 52.5 Å². The summed E-state index contributed by atoms with van der Waals surface area (Å²) in [6.45, 7) is 0.944. The van der Waals surface area contributed by atoms with Crippen molar-refractivity contribution in [1.29, 1.82) is 0 Å². The molecule has 0 aliphatic carbocycles. The molecule has 25 heavy (non-hydrogen) atoms. The molecule has 0 fully saturated rings. The second kappa shape index (κ2) is 9.59. The van der Waals surface area contributed by atoms with Gasteiger partial charge >= 0.3 is 5.97 Å². The zero-order chi connectivity index (χ0) is 18.1. The molecule has 2 N–H and O–H groups in total. The fourth-order valence-corrected chi connectivity index (χ4v) is 3.37. The van der Waals surface area contributed by atoms with E-state index in [9.17, 15) is 13.2 Å². The fraction of sp³-hybridized carbons (Fsp3) is 0.562. The number of sulfonamides is 1. The Morgan fingerprint density at radius 1 is 1.16 bits per heavy atom. The maximum absolute atomic E-state index is 12.3. The van der Waals surface area contributed by atoms with Crippen molar-refractivity contribution in [1.82, 2.24) is 4.72 Å². The van der Waals surface area contributed by atoms with Crippen LogP contribution in [0.4, 0.5) is 0 Å². The summed E-state index contributed by atoms with van der Waals surface area (Å²) in [5.74, 6) is 0.611. The van der Waals surface area contributed by atoms with Gasteiger partial charge < -0.3 is 19.3 Å². The van der Waals surface area contributed by atoms with E-state index in [1.165, 1.54) is 12.1 Å². The second-order valence-electron chi connectivity index (χ2n) is 5.46.